The van der Waals surface area contributed by atoms with E-state index in [1.54, 1.807) is 18.2 Å². The van der Waals surface area contributed by atoms with Gasteiger partial charge in [0.05, 0.1) is 0 Å². The van der Waals surface area contributed by atoms with Gasteiger partial charge in [0.15, 0.2) is 0 Å². The van der Waals surface area contributed by atoms with E-state index in [4.69, 9.17) is 16.1 Å². The van der Waals surface area contributed by atoms with Crippen LogP contribution in [0, 0.1) is 0 Å². The second-order valence-corrected chi connectivity index (χ2v) is 3.88. The highest BCUT2D eigenvalue weighted by Crippen LogP contribution is 2.22. The molecule has 1 aromatic heterocycles. The maximum absolute atomic E-state index is 11.5. The number of hydrogen-bond acceptors (Lipinski definition) is 3. The highest BCUT2D eigenvalue weighted by Gasteiger charge is 2.12. The molecule has 2 rings (SSSR count). The number of rotatable bonds is 3. The van der Waals surface area contributed by atoms with E-state index >= 15 is 0 Å². The zero-order valence-corrected chi connectivity index (χ0v) is 9.99. The van der Waals surface area contributed by atoms with Crippen molar-refractivity contribution in [3.63, 3.8) is 0 Å². The third kappa shape index (κ3) is 2.65. The fraction of sp³-hybridized carbons (Fsp3) is 0.167. The van der Waals surface area contributed by atoms with Crippen LogP contribution in [0.2, 0.25) is 5.02 Å². The van der Waals surface area contributed by atoms with Crippen LogP contribution in [0.3, 0.4) is 0 Å². The van der Waals surface area contributed by atoms with Crippen molar-refractivity contribution in [1.29, 1.82) is 0 Å². The maximum Gasteiger partial charge on any atom is 0.289 e. The summed E-state index contributed by atoms with van der Waals surface area (Å²) in [7, 11) is 0. The molecular weight excluding hydrogens is 240 g/mol. The second-order valence-electron chi connectivity index (χ2n) is 3.45. The number of amides is 1. The van der Waals surface area contributed by atoms with Crippen LogP contribution in [-0.2, 0) is 0 Å². The molecule has 0 saturated carbocycles. The van der Waals surface area contributed by atoms with Crippen LogP contribution in [0.5, 0.6) is 0 Å². The van der Waals surface area contributed by atoms with Crippen molar-refractivity contribution in [2.24, 2.45) is 0 Å². The van der Waals surface area contributed by atoms with E-state index in [-0.39, 0.29) is 11.7 Å². The second kappa shape index (κ2) is 5.01. The van der Waals surface area contributed by atoms with Gasteiger partial charge in [-0.25, -0.2) is 0 Å². The summed E-state index contributed by atoms with van der Waals surface area (Å²) >= 11 is 5.88. The van der Waals surface area contributed by atoms with Gasteiger partial charge in [0.25, 0.3) is 5.91 Å². The Morgan fingerprint density at radius 3 is 3.00 bits per heavy atom. The number of nitrogens with one attached hydrogen (secondary N) is 1. The fourth-order valence-corrected chi connectivity index (χ4v) is 1.60. The molecule has 2 aromatic rings. The summed E-state index contributed by atoms with van der Waals surface area (Å²) in [5, 5.41) is 7.09. The molecule has 0 saturated heterocycles. The Kier molecular flexibility index (Phi) is 3.44. The van der Waals surface area contributed by atoms with Crippen LogP contribution < -0.4 is 5.32 Å². The van der Waals surface area contributed by atoms with Gasteiger partial charge in [-0.3, -0.25) is 4.79 Å². The standard InChI is InChI=1S/C12H11ClN2O2/c1-2-14-12(16)11-7-10(15-17-11)8-4-3-5-9(13)6-8/h3-7H,2H2,1H3,(H,14,16). The minimum atomic E-state index is -0.270. The molecule has 0 atom stereocenters. The van der Waals surface area contributed by atoms with Crippen LogP contribution in [-0.4, -0.2) is 17.6 Å². The van der Waals surface area contributed by atoms with Gasteiger partial charge in [0.2, 0.25) is 5.76 Å². The molecule has 5 heteroatoms. The Morgan fingerprint density at radius 1 is 1.47 bits per heavy atom. The van der Waals surface area contributed by atoms with E-state index in [9.17, 15) is 4.79 Å². The van der Waals surface area contributed by atoms with Gasteiger partial charge < -0.3 is 9.84 Å². The van der Waals surface area contributed by atoms with E-state index < -0.39 is 0 Å². The maximum atomic E-state index is 11.5. The average Bonchev–Trinajstić information content (AvgIpc) is 2.78. The van der Waals surface area contributed by atoms with Gasteiger partial charge in [-0.1, -0.05) is 28.9 Å². The van der Waals surface area contributed by atoms with E-state index in [0.29, 0.717) is 17.3 Å². The van der Waals surface area contributed by atoms with E-state index in [2.05, 4.69) is 10.5 Å². The summed E-state index contributed by atoms with van der Waals surface area (Å²) in [6.45, 7) is 2.39. The smallest absolute Gasteiger partial charge is 0.289 e. The number of benzene rings is 1. The van der Waals surface area contributed by atoms with Gasteiger partial charge in [0, 0.05) is 23.2 Å². The Labute approximate surface area is 104 Å². The van der Waals surface area contributed by atoms with Crippen LogP contribution in [0.25, 0.3) is 11.3 Å². The molecule has 1 heterocycles. The topological polar surface area (TPSA) is 55.1 Å². The van der Waals surface area contributed by atoms with Gasteiger partial charge in [-0.05, 0) is 19.1 Å². The molecule has 0 unspecified atom stereocenters. The highest BCUT2D eigenvalue weighted by atomic mass is 35.5. The van der Waals surface area contributed by atoms with Crippen molar-refractivity contribution >= 4 is 17.5 Å². The molecule has 1 amide bonds. The first-order chi connectivity index (χ1) is 8.20. The number of carbonyl (C=O) groups excluding carboxylic acids is 1. The normalized spacial score (nSPS) is 10.2. The van der Waals surface area contributed by atoms with Crippen molar-refractivity contribution in [1.82, 2.24) is 10.5 Å². The van der Waals surface area contributed by atoms with E-state index in [0.717, 1.165) is 5.56 Å². The van der Waals surface area contributed by atoms with Crippen molar-refractivity contribution in [2.45, 2.75) is 6.92 Å². The lowest BCUT2D eigenvalue weighted by atomic mass is 10.1. The van der Waals surface area contributed by atoms with Gasteiger partial charge in [-0.2, -0.15) is 0 Å². The minimum Gasteiger partial charge on any atom is -0.350 e. The van der Waals surface area contributed by atoms with Crippen LogP contribution in [0.4, 0.5) is 0 Å². The molecule has 0 spiro atoms. The molecule has 0 aliphatic heterocycles. The van der Waals surface area contributed by atoms with Crippen molar-refractivity contribution in [3.05, 3.63) is 41.1 Å². The molecule has 88 valence electrons. The molecule has 4 nitrogen and oxygen atoms in total. The van der Waals surface area contributed by atoms with E-state index in [1.165, 1.54) is 0 Å². The van der Waals surface area contributed by atoms with Crippen LogP contribution in [0.15, 0.2) is 34.9 Å². The Bertz CT molecular complexity index is 537. The predicted molar refractivity (Wildman–Crippen MR) is 65.0 cm³/mol. The Balaban J connectivity index is 2.27. The lowest BCUT2D eigenvalue weighted by Gasteiger charge is -1.95. The highest BCUT2D eigenvalue weighted by molar-refractivity contribution is 6.30. The van der Waals surface area contributed by atoms with E-state index in [1.807, 2.05) is 19.1 Å². The fourth-order valence-electron chi connectivity index (χ4n) is 1.41. The predicted octanol–water partition coefficient (Wildman–Crippen LogP) is 2.74. The zero-order valence-electron chi connectivity index (χ0n) is 9.24. The summed E-state index contributed by atoms with van der Waals surface area (Å²) in [6, 6.07) is 8.80. The third-order valence-corrected chi connectivity index (χ3v) is 2.43. The summed E-state index contributed by atoms with van der Waals surface area (Å²) in [4.78, 5) is 11.5. The summed E-state index contributed by atoms with van der Waals surface area (Å²) in [6.07, 6.45) is 0. The average molecular weight is 251 g/mol. The summed E-state index contributed by atoms with van der Waals surface area (Å²) in [5.74, 6) is -0.0740. The first-order valence-electron chi connectivity index (χ1n) is 5.21. The monoisotopic (exact) mass is 250 g/mol. The Morgan fingerprint density at radius 2 is 2.29 bits per heavy atom. The Hall–Kier alpha value is -1.81. The van der Waals surface area contributed by atoms with Crippen molar-refractivity contribution < 1.29 is 9.32 Å². The molecule has 0 aliphatic carbocycles. The molecule has 0 fully saturated rings. The summed E-state index contributed by atoms with van der Waals surface area (Å²) in [5.41, 5.74) is 1.41. The molecule has 0 radical (unpaired) electrons. The number of aromatic nitrogens is 1. The van der Waals surface area contributed by atoms with Gasteiger partial charge in [-0.15, -0.1) is 0 Å². The van der Waals surface area contributed by atoms with Crippen LogP contribution >= 0.6 is 11.6 Å². The first-order valence-corrected chi connectivity index (χ1v) is 5.59. The van der Waals surface area contributed by atoms with Gasteiger partial charge >= 0.3 is 0 Å². The number of nitrogens with zero attached hydrogens (tertiary/aromatic N) is 1. The van der Waals surface area contributed by atoms with Crippen LogP contribution in [0.1, 0.15) is 17.5 Å². The summed E-state index contributed by atoms with van der Waals surface area (Å²) < 4.78 is 4.97. The largest absolute Gasteiger partial charge is 0.350 e. The molecule has 0 aliphatic rings. The molecule has 0 bridgehead atoms. The quantitative estimate of drug-likeness (QED) is 0.911. The molecule has 1 N–H and O–H groups in total. The molecule has 1 aromatic carbocycles. The number of halogens is 1. The minimum absolute atomic E-state index is 0.196. The first kappa shape index (κ1) is 11.7. The lowest BCUT2D eigenvalue weighted by Crippen LogP contribution is -2.21. The number of carbonyl (C=O) groups is 1. The van der Waals surface area contributed by atoms with Crippen molar-refractivity contribution in [3.8, 4) is 11.3 Å². The number of hydrogen-bond donors (Lipinski definition) is 1. The lowest BCUT2D eigenvalue weighted by molar-refractivity contribution is 0.0919. The van der Waals surface area contributed by atoms with Gasteiger partial charge in [0.1, 0.15) is 5.69 Å². The molecular formula is C12H11ClN2O2. The molecule has 17 heavy (non-hydrogen) atoms. The van der Waals surface area contributed by atoms with Crippen molar-refractivity contribution in [2.75, 3.05) is 6.54 Å². The zero-order chi connectivity index (χ0) is 12.3. The third-order valence-electron chi connectivity index (χ3n) is 2.19. The SMILES string of the molecule is CCNC(=O)c1cc(-c2cccc(Cl)c2)no1.